The molecule has 4 amide bonds. The quantitative estimate of drug-likeness (QED) is 0.0345. The molecule has 0 aliphatic heterocycles. The molecule has 16 heteroatoms. The van der Waals surface area contributed by atoms with Gasteiger partial charge >= 0.3 is 13.6 Å². The minimum atomic E-state index is -4.53. The number of hydrogen-bond acceptors (Lipinski definition) is 9. The Bertz CT molecular complexity index is 1990. The first-order chi connectivity index (χ1) is 27.3. The van der Waals surface area contributed by atoms with Crippen LogP contribution in [-0.4, -0.2) is 58.7 Å². The summed E-state index contributed by atoms with van der Waals surface area (Å²) in [4.78, 5) is 65.6. The van der Waals surface area contributed by atoms with Crippen LogP contribution in [-0.2, 0) is 35.0 Å². The minimum absolute atomic E-state index is 0.115. The molecule has 4 aromatic carbocycles. The van der Waals surface area contributed by atoms with Gasteiger partial charge in [0.05, 0.1) is 6.42 Å². The van der Waals surface area contributed by atoms with E-state index < -0.39 is 67.5 Å². The fraction of sp³-hybridized carbons (Fsp3) is 0.268. The molecule has 0 saturated carbocycles. The van der Waals surface area contributed by atoms with E-state index in [0.717, 1.165) is 0 Å². The number of nitrogen functional groups attached to an aromatic ring is 1. The van der Waals surface area contributed by atoms with Gasteiger partial charge in [0.2, 0.25) is 23.6 Å². The van der Waals surface area contributed by atoms with E-state index in [1.165, 1.54) is 31.2 Å². The molecule has 0 radical (unpaired) electrons. The largest absolute Gasteiger partial charge is 0.481 e. The molecule has 57 heavy (non-hydrogen) atoms. The van der Waals surface area contributed by atoms with Gasteiger partial charge in [0, 0.05) is 18.9 Å². The Hall–Kier alpha value is -6.47. The van der Waals surface area contributed by atoms with Crippen LogP contribution in [0, 0.1) is 5.41 Å². The summed E-state index contributed by atoms with van der Waals surface area (Å²) in [5, 5.41) is 27.9. The molecule has 0 spiro atoms. The molecule has 8 N–H and O–H groups in total. The third kappa shape index (κ3) is 13.4. The van der Waals surface area contributed by atoms with Crippen LogP contribution in [0.3, 0.4) is 0 Å². The maximum absolute atomic E-state index is 15.2. The average molecular weight is 799 g/mol. The highest BCUT2D eigenvalue weighted by Crippen LogP contribution is 2.59. The topological polar surface area (TPSA) is 239 Å². The Morgan fingerprint density at radius 1 is 0.702 bits per heavy atom. The van der Waals surface area contributed by atoms with Gasteiger partial charge in [0.25, 0.3) is 0 Å². The number of carbonyl (C=O) groups is 5. The summed E-state index contributed by atoms with van der Waals surface area (Å²) < 4.78 is 27.4. The molecule has 0 aliphatic rings. The number of benzene rings is 4. The van der Waals surface area contributed by atoms with E-state index in [-0.39, 0.29) is 35.7 Å². The van der Waals surface area contributed by atoms with E-state index in [2.05, 4.69) is 21.3 Å². The van der Waals surface area contributed by atoms with E-state index in [1.54, 1.807) is 91.0 Å². The summed E-state index contributed by atoms with van der Waals surface area (Å²) in [6.45, 7) is 3.13. The fourth-order valence-electron chi connectivity index (χ4n) is 5.72. The minimum Gasteiger partial charge on any atom is -0.481 e. The second kappa shape index (κ2) is 21.0. The molecule has 4 aromatic rings. The Morgan fingerprint density at radius 3 is 1.68 bits per heavy atom. The number of carbonyl (C=O) groups excluding carboxylic acids is 4. The average Bonchev–Trinajstić information content (AvgIpc) is 3.18. The van der Waals surface area contributed by atoms with Gasteiger partial charge in [0.1, 0.15) is 35.5 Å². The standard InChI is InChI=1S/C41H47N6O9P/c1-3-4-20-33(44-27(2)48)38(51)46-35(26-36(49)50)39(52)45-34(25-28-14-8-5-9-15-28)40(53)47-41(30-23-21-29(22-24-30)37(42)43)57(54,55-31-16-10-6-11-17-31)56-32-18-12-7-13-19-32/h5-19,21-24,33-35,41H,3-4,20,25-26H2,1-2H3,(H3,42,43)(H,44,48)(H,45,52)(H,46,51)(H,47,53)(H,49,50)/t33-,34-,35-,41+/m0/s1. The number of para-hydroxylation sites is 2. The van der Waals surface area contributed by atoms with Gasteiger partial charge in [-0.3, -0.25) is 29.4 Å². The first kappa shape index (κ1) is 43.3. The summed E-state index contributed by atoms with van der Waals surface area (Å²) in [6.07, 6.45) is 0.566. The zero-order valence-corrected chi connectivity index (χ0v) is 32.4. The van der Waals surface area contributed by atoms with Gasteiger partial charge in [-0.1, -0.05) is 111 Å². The number of nitrogens with two attached hydrogens (primary N) is 1. The predicted octanol–water partition coefficient (Wildman–Crippen LogP) is 4.82. The number of amides is 4. The molecular weight excluding hydrogens is 751 g/mol. The molecule has 0 unspecified atom stereocenters. The number of rotatable bonds is 21. The maximum atomic E-state index is 15.2. The monoisotopic (exact) mass is 798 g/mol. The predicted molar refractivity (Wildman–Crippen MR) is 213 cm³/mol. The van der Waals surface area contributed by atoms with E-state index in [0.29, 0.717) is 24.0 Å². The number of carboxylic acid groups (broad SMARTS) is 1. The van der Waals surface area contributed by atoms with Gasteiger partial charge in [-0.25, -0.2) is 4.57 Å². The number of hydrogen-bond donors (Lipinski definition) is 7. The normalized spacial score (nSPS) is 13.1. The Morgan fingerprint density at radius 2 is 1.19 bits per heavy atom. The molecular formula is C41H47N6O9P. The van der Waals surface area contributed by atoms with Crippen LogP contribution in [0.25, 0.3) is 0 Å². The molecule has 4 atom stereocenters. The molecule has 0 saturated heterocycles. The zero-order chi connectivity index (χ0) is 41.4. The lowest BCUT2D eigenvalue weighted by Crippen LogP contribution is -2.57. The zero-order valence-electron chi connectivity index (χ0n) is 31.6. The Labute approximate surface area is 330 Å². The number of unbranched alkanes of at least 4 members (excludes halogenated alkanes) is 1. The van der Waals surface area contributed by atoms with Crippen molar-refractivity contribution in [3.63, 3.8) is 0 Å². The van der Waals surface area contributed by atoms with Crippen LogP contribution in [0.2, 0.25) is 0 Å². The third-order valence-corrected chi connectivity index (χ3v) is 10.5. The Kier molecular flexibility index (Phi) is 15.9. The van der Waals surface area contributed by atoms with Crippen LogP contribution >= 0.6 is 7.60 Å². The number of carboxylic acids is 1. The summed E-state index contributed by atoms with van der Waals surface area (Å²) in [6, 6.07) is 26.9. The van der Waals surface area contributed by atoms with Crippen molar-refractivity contribution >= 4 is 43.0 Å². The second-order valence-electron chi connectivity index (χ2n) is 13.1. The number of aliphatic carboxylic acids is 1. The molecule has 0 aliphatic carbocycles. The first-order valence-electron chi connectivity index (χ1n) is 18.2. The molecule has 0 heterocycles. The van der Waals surface area contributed by atoms with Gasteiger partial charge in [-0.2, -0.15) is 0 Å². The smallest absolute Gasteiger partial charge is 0.457 e. The van der Waals surface area contributed by atoms with Gasteiger partial charge < -0.3 is 41.2 Å². The van der Waals surface area contributed by atoms with Crippen molar-refractivity contribution < 1.29 is 42.7 Å². The summed E-state index contributed by atoms with van der Waals surface area (Å²) in [7, 11) is -4.53. The summed E-state index contributed by atoms with van der Waals surface area (Å²) in [5.74, 6) is -5.96. The molecule has 15 nitrogen and oxygen atoms in total. The highest BCUT2D eigenvalue weighted by molar-refractivity contribution is 7.55. The van der Waals surface area contributed by atoms with Gasteiger partial charge in [0.15, 0.2) is 5.78 Å². The molecule has 0 aromatic heterocycles. The number of nitrogens with one attached hydrogen (secondary N) is 5. The summed E-state index contributed by atoms with van der Waals surface area (Å²) in [5.41, 5.74) is 6.89. The number of amidine groups is 1. The van der Waals surface area contributed by atoms with Crippen molar-refractivity contribution in [1.82, 2.24) is 21.3 Å². The molecule has 0 bridgehead atoms. The van der Waals surface area contributed by atoms with Crippen LogP contribution < -0.4 is 36.0 Å². The van der Waals surface area contributed by atoms with Gasteiger partial charge in [-0.05, 0) is 41.8 Å². The highest BCUT2D eigenvalue weighted by atomic mass is 31.2. The lowest BCUT2D eigenvalue weighted by atomic mass is 10.0. The van der Waals surface area contributed by atoms with Gasteiger partial charge in [-0.15, -0.1) is 0 Å². The van der Waals surface area contributed by atoms with E-state index in [9.17, 15) is 29.1 Å². The van der Waals surface area contributed by atoms with Crippen LogP contribution in [0.5, 0.6) is 11.5 Å². The molecule has 300 valence electrons. The fourth-order valence-corrected chi connectivity index (χ4v) is 7.62. The summed E-state index contributed by atoms with van der Waals surface area (Å²) >= 11 is 0. The van der Waals surface area contributed by atoms with Crippen molar-refractivity contribution in [3.05, 3.63) is 132 Å². The van der Waals surface area contributed by atoms with Crippen LogP contribution in [0.4, 0.5) is 0 Å². The third-order valence-electron chi connectivity index (χ3n) is 8.55. The van der Waals surface area contributed by atoms with Crippen LogP contribution in [0.15, 0.2) is 115 Å². The van der Waals surface area contributed by atoms with E-state index in [4.69, 9.17) is 20.2 Å². The lowest BCUT2D eigenvalue weighted by Gasteiger charge is -2.30. The maximum Gasteiger partial charge on any atom is 0.457 e. The van der Waals surface area contributed by atoms with Crippen LogP contribution in [0.1, 0.15) is 62.0 Å². The molecule has 4 rings (SSSR count). The van der Waals surface area contributed by atoms with Crippen molar-refractivity contribution in [2.45, 2.75) is 69.9 Å². The lowest BCUT2D eigenvalue weighted by molar-refractivity contribution is -0.141. The van der Waals surface area contributed by atoms with Crippen molar-refractivity contribution in [1.29, 1.82) is 5.41 Å². The first-order valence-corrected chi connectivity index (χ1v) is 19.9. The van der Waals surface area contributed by atoms with Crippen molar-refractivity contribution in [3.8, 4) is 11.5 Å². The van der Waals surface area contributed by atoms with Crippen molar-refractivity contribution in [2.75, 3.05) is 0 Å². The second-order valence-corrected chi connectivity index (χ2v) is 15.1. The highest BCUT2D eigenvalue weighted by Gasteiger charge is 2.43. The Balaban J connectivity index is 1.75. The SMILES string of the molecule is CCCC[C@H](NC(C)=O)C(=O)N[C@@H](CC(=O)O)C(=O)N[C@@H](Cc1ccccc1)C(=O)N[C@@H](c1ccc(C(=N)N)cc1)P(=O)(Oc1ccccc1)Oc1ccccc1. The van der Waals surface area contributed by atoms with E-state index in [1.807, 2.05) is 6.92 Å². The van der Waals surface area contributed by atoms with Crippen molar-refractivity contribution in [2.24, 2.45) is 5.73 Å². The van der Waals surface area contributed by atoms with E-state index >= 15 is 4.57 Å². The molecule has 0 fully saturated rings.